The fraction of sp³-hybridized carbons (Fsp3) is 0.375. The van der Waals surface area contributed by atoms with Gasteiger partial charge in [-0.2, -0.15) is 0 Å². The number of nitrogens with one attached hydrogen (secondary N) is 1. The van der Waals surface area contributed by atoms with Crippen LogP contribution in [0.4, 0.5) is 0 Å². The van der Waals surface area contributed by atoms with Crippen LogP contribution < -0.4 is 5.32 Å². The summed E-state index contributed by atoms with van der Waals surface area (Å²) in [5.74, 6) is 1.02. The Balaban J connectivity index is 1.21. The van der Waals surface area contributed by atoms with Gasteiger partial charge >= 0.3 is 0 Å². The SMILES string of the molecule is O=C(NCCCN1CCCCCC1=O)c1ccc(CSc2nc3ccccc3s2)cc1. The van der Waals surface area contributed by atoms with Crippen LogP contribution >= 0.6 is 23.1 Å². The molecule has 1 aliphatic rings. The molecule has 0 aliphatic carbocycles. The van der Waals surface area contributed by atoms with Gasteiger partial charge in [-0.1, -0.05) is 42.4 Å². The van der Waals surface area contributed by atoms with Gasteiger partial charge in [0.25, 0.3) is 5.91 Å². The average Bonchev–Trinajstić information content (AvgIpc) is 3.11. The number of thiazole rings is 1. The van der Waals surface area contributed by atoms with Crippen LogP contribution in [-0.2, 0) is 10.5 Å². The normalized spacial score (nSPS) is 14.6. The Labute approximate surface area is 191 Å². The van der Waals surface area contributed by atoms with E-state index in [-0.39, 0.29) is 11.8 Å². The standard InChI is InChI=1S/C24H27N3O2S2/c28-22-9-2-1-5-15-27(22)16-6-14-25-23(29)19-12-10-18(11-13-19)17-30-24-26-20-7-3-4-8-21(20)31-24/h3-4,7-8,10-13H,1-2,5-6,9,14-17H2,(H,25,29). The highest BCUT2D eigenvalue weighted by atomic mass is 32.2. The molecule has 2 aromatic carbocycles. The minimum absolute atomic E-state index is 0.0624. The molecule has 1 aromatic heterocycles. The van der Waals surface area contributed by atoms with E-state index in [0.29, 0.717) is 18.5 Å². The van der Waals surface area contributed by atoms with Gasteiger partial charge in [0, 0.05) is 37.4 Å². The maximum Gasteiger partial charge on any atom is 0.251 e. The topological polar surface area (TPSA) is 62.3 Å². The summed E-state index contributed by atoms with van der Waals surface area (Å²) in [5, 5.41) is 2.97. The predicted molar refractivity (Wildman–Crippen MR) is 128 cm³/mol. The van der Waals surface area contributed by atoms with Crippen LogP contribution in [-0.4, -0.2) is 41.3 Å². The van der Waals surface area contributed by atoms with E-state index in [1.165, 1.54) is 10.3 Å². The summed E-state index contributed by atoms with van der Waals surface area (Å²) in [5.41, 5.74) is 2.88. The number of hydrogen-bond donors (Lipinski definition) is 1. The number of thioether (sulfide) groups is 1. The van der Waals surface area contributed by atoms with E-state index in [1.807, 2.05) is 47.4 Å². The van der Waals surface area contributed by atoms with Crippen molar-refractivity contribution in [2.24, 2.45) is 0 Å². The Kier molecular flexibility index (Phi) is 7.59. The highest BCUT2D eigenvalue weighted by molar-refractivity contribution is 8.00. The first-order chi connectivity index (χ1) is 15.2. The second-order valence-corrected chi connectivity index (χ2v) is 9.99. The Morgan fingerprint density at radius 1 is 1.10 bits per heavy atom. The maximum absolute atomic E-state index is 12.4. The molecule has 2 heterocycles. The molecule has 0 unspecified atom stereocenters. The fourth-order valence-corrected chi connectivity index (χ4v) is 5.68. The lowest BCUT2D eigenvalue weighted by molar-refractivity contribution is -0.130. The number of aromatic nitrogens is 1. The highest BCUT2D eigenvalue weighted by Crippen LogP contribution is 2.31. The minimum Gasteiger partial charge on any atom is -0.352 e. The van der Waals surface area contributed by atoms with Crippen LogP contribution in [0.5, 0.6) is 0 Å². The summed E-state index contributed by atoms with van der Waals surface area (Å²) in [7, 11) is 0. The number of rotatable bonds is 8. The first-order valence-corrected chi connectivity index (χ1v) is 12.6. The number of para-hydroxylation sites is 1. The quantitative estimate of drug-likeness (QED) is 0.380. The average molecular weight is 454 g/mol. The zero-order valence-corrected chi connectivity index (χ0v) is 19.1. The Hall–Kier alpha value is -2.38. The molecule has 1 aliphatic heterocycles. The molecule has 0 atom stereocenters. The van der Waals surface area contributed by atoms with Gasteiger partial charge < -0.3 is 10.2 Å². The number of benzene rings is 2. The third kappa shape index (κ3) is 6.08. The van der Waals surface area contributed by atoms with Gasteiger partial charge in [0.05, 0.1) is 10.2 Å². The third-order valence-electron chi connectivity index (χ3n) is 5.41. The molecule has 0 bridgehead atoms. The van der Waals surface area contributed by atoms with Gasteiger partial charge in [-0.05, 0) is 49.1 Å². The van der Waals surface area contributed by atoms with E-state index < -0.39 is 0 Å². The summed E-state index contributed by atoms with van der Waals surface area (Å²) in [6, 6.07) is 15.9. The third-order valence-corrected chi connectivity index (χ3v) is 7.66. The van der Waals surface area contributed by atoms with Gasteiger partial charge in [0.15, 0.2) is 4.34 Å². The van der Waals surface area contributed by atoms with Crippen molar-refractivity contribution >= 4 is 45.1 Å². The molecule has 162 valence electrons. The maximum atomic E-state index is 12.4. The van der Waals surface area contributed by atoms with Crippen molar-refractivity contribution in [2.75, 3.05) is 19.6 Å². The first-order valence-electron chi connectivity index (χ1n) is 10.8. The molecule has 2 amide bonds. The van der Waals surface area contributed by atoms with Crippen molar-refractivity contribution in [3.05, 3.63) is 59.7 Å². The van der Waals surface area contributed by atoms with E-state index in [4.69, 9.17) is 0 Å². The van der Waals surface area contributed by atoms with E-state index in [9.17, 15) is 9.59 Å². The zero-order valence-electron chi connectivity index (χ0n) is 17.5. The zero-order chi connectivity index (χ0) is 21.5. The fourth-order valence-electron chi connectivity index (χ4n) is 3.66. The van der Waals surface area contributed by atoms with Crippen molar-refractivity contribution in [1.29, 1.82) is 0 Å². The molecule has 1 fully saturated rings. The van der Waals surface area contributed by atoms with Crippen LogP contribution in [0.15, 0.2) is 52.9 Å². The van der Waals surface area contributed by atoms with E-state index >= 15 is 0 Å². The van der Waals surface area contributed by atoms with E-state index in [1.54, 1.807) is 23.1 Å². The monoisotopic (exact) mass is 453 g/mol. The molecule has 1 N–H and O–H groups in total. The Bertz CT molecular complexity index is 1000. The van der Waals surface area contributed by atoms with Gasteiger partial charge in [-0.3, -0.25) is 9.59 Å². The lowest BCUT2D eigenvalue weighted by Gasteiger charge is -2.20. The van der Waals surface area contributed by atoms with Crippen LogP contribution in [0.2, 0.25) is 0 Å². The van der Waals surface area contributed by atoms with E-state index in [0.717, 1.165) is 54.4 Å². The predicted octanol–water partition coefficient (Wildman–Crippen LogP) is 5.11. The molecule has 5 nitrogen and oxygen atoms in total. The summed E-state index contributed by atoms with van der Waals surface area (Å²) in [6.07, 6.45) is 4.67. The van der Waals surface area contributed by atoms with Crippen LogP contribution in [0, 0.1) is 0 Å². The van der Waals surface area contributed by atoms with Gasteiger partial charge in [-0.25, -0.2) is 4.98 Å². The highest BCUT2D eigenvalue weighted by Gasteiger charge is 2.16. The van der Waals surface area contributed by atoms with Crippen molar-refractivity contribution in [1.82, 2.24) is 15.2 Å². The number of likely N-dealkylation sites (tertiary alicyclic amines) is 1. The summed E-state index contributed by atoms with van der Waals surface area (Å²) in [6.45, 7) is 2.15. The lowest BCUT2D eigenvalue weighted by Crippen LogP contribution is -2.34. The molecule has 31 heavy (non-hydrogen) atoms. The Morgan fingerprint density at radius 2 is 1.94 bits per heavy atom. The Morgan fingerprint density at radius 3 is 2.77 bits per heavy atom. The summed E-state index contributed by atoms with van der Waals surface area (Å²) < 4.78 is 2.27. The number of fused-ring (bicyclic) bond motifs is 1. The molecule has 7 heteroatoms. The number of carbonyl (C=O) groups excluding carboxylic acids is 2. The van der Waals surface area contributed by atoms with Gasteiger partial charge in [-0.15, -0.1) is 11.3 Å². The van der Waals surface area contributed by atoms with Crippen molar-refractivity contribution < 1.29 is 9.59 Å². The van der Waals surface area contributed by atoms with Gasteiger partial charge in [0.1, 0.15) is 0 Å². The molecule has 0 radical (unpaired) electrons. The number of carbonyl (C=O) groups is 2. The van der Waals surface area contributed by atoms with Crippen molar-refractivity contribution in [2.45, 2.75) is 42.2 Å². The minimum atomic E-state index is -0.0624. The largest absolute Gasteiger partial charge is 0.352 e. The molecular weight excluding hydrogens is 426 g/mol. The van der Waals surface area contributed by atoms with Crippen molar-refractivity contribution in [3.8, 4) is 0 Å². The van der Waals surface area contributed by atoms with Crippen LogP contribution in [0.25, 0.3) is 10.2 Å². The molecule has 1 saturated heterocycles. The van der Waals surface area contributed by atoms with Crippen molar-refractivity contribution in [3.63, 3.8) is 0 Å². The molecule has 0 spiro atoms. The number of hydrogen-bond acceptors (Lipinski definition) is 5. The molecule has 3 aromatic rings. The lowest BCUT2D eigenvalue weighted by atomic mass is 10.1. The summed E-state index contributed by atoms with van der Waals surface area (Å²) in [4.78, 5) is 31.0. The molecular formula is C24H27N3O2S2. The van der Waals surface area contributed by atoms with Gasteiger partial charge in [0.2, 0.25) is 5.91 Å². The number of amides is 2. The molecule has 4 rings (SSSR count). The first kappa shape index (κ1) is 21.8. The number of nitrogens with zero attached hydrogens (tertiary/aromatic N) is 2. The summed E-state index contributed by atoms with van der Waals surface area (Å²) >= 11 is 3.43. The molecule has 0 saturated carbocycles. The van der Waals surface area contributed by atoms with E-state index in [2.05, 4.69) is 16.4 Å². The van der Waals surface area contributed by atoms with Crippen LogP contribution in [0.3, 0.4) is 0 Å². The smallest absolute Gasteiger partial charge is 0.251 e. The second-order valence-electron chi connectivity index (χ2n) is 7.73. The van der Waals surface area contributed by atoms with Crippen LogP contribution in [0.1, 0.15) is 48.0 Å². The second kappa shape index (κ2) is 10.8.